The summed E-state index contributed by atoms with van der Waals surface area (Å²) in [4.78, 5) is 25.9. The number of aryl methyl sites for hydroxylation is 3. The Morgan fingerprint density at radius 1 is 0.561 bits per heavy atom. The molecular formula is C36H30N4O. The van der Waals surface area contributed by atoms with Crippen molar-refractivity contribution in [2.75, 3.05) is 0 Å². The monoisotopic (exact) mass is 534 g/mol. The highest BCUT2D eigenvalue weighted by Crippen LogP contribution is 2.28. The zero-order chi connectivity index (χ0) is 28.1. The van der Waals surface area contributed by atoms with Crippen molar-refractivity contribution in [2.45, 2.75) is 20.8 Å². The summed E-state index contributed by atoms with van der Waals surface area (Å²) in [7, 11) is 0. The van der Waals surface area contributed by atoms with Crippen LogP contribution in [0.4, 0.5) is 0 Å². The average molecular weight is 535 g/mol. The summed E-state index contributed by atoms with van der Waals surface area (Å²) in [6, 6.07) is 29.2. The Labute approximate surface area is 237 Å². The molecule has 0 spiro atoms. The molecule has 4 aromatic heterocycles. The maximum Gasteiger partial charge on any atom is 0.150 e. The van der Waals surface area contributed by atoms with Crippen LogP contribution in [0.5, 0.6) is 0 Å². The van der Waals surface area contributed by atoms with Crippen molar-refractivity contribution in [1.82, 2.24) is 19.9 Å². The fourth-order valence-corrected chi connectivity index (χ4v) is 6.08. The van der Waals surface area contributed by atoms with Crippen molar-refractivity contribution in [1.29, 1.82) is 0 Å². The molecule has 0 aliphatic carbocycles. The molecule has 200 valence electrons. The van der Waals surface area contributed by atoms with Gasteiger partial charge in [0.25, 0.3) is 0 Å². The van der Waals surface area contributed by atoms with Gasteiger partial charge in [-0.2, -0.15) is 0 Å². The van der Waals surface area contributed by atoms with Gasteiger partial charge in [-0.1, -0.05) is 42.0 Å². The number of carbonyl (C=O) groups excluding carboxylic acids is 1. The third-order valence-electron chi connectivity index (χ3n) is 7.80. The Morgan fingerprint density at radius 3 is 1.66 bits per heavy atom. The van der Waals surface area contributed by atoms with Gasteiger partial charge in [0.15, 0.2) is 0 Å². The lowest BCUT2D eigenvalue weighted by Crippen LogP contribution is -2.16. The highest BCUT2D eigenvalue weighted by Gasteiger charge is 2.16. The molecule has 7 rings (SSSR count). The summed E-state index contributed by atoms with van der Waals surface area (Å²) in [5.41, 5.74) is 12.9. The van der Waals surface area contributed by atoms with Crippen LogP contribution in [-0.4, -0.2) is 26.2 Å². The first kappa shape index (κ1) is 24.7. The number of aromatic nitrogens is 4. The average Bonchev–Trinajstić information content (AvgIpc) is 3.76. The molecule has 0 radical (unpaired) electrons. The Bertz CT molecular complexity index is 2170. The first-order chi connectivity index (χ1) is 19.9. The Morgan fingerprint density at radius 2 is 1.10 bits per heavy atom. The number of benzene rings is 2. The molecule has 2 aromatic carbocycles. The predicted octanol–water partition coefficient (Wildman–Crippen LogP) is 4.20. The van der Waals surface area contributed by atoms with E-state index in [1.807, 2.05) is 24.3 Å². The van der Waals surface area contributed by atoms with Gasteiger partial charge in [-0.25, -0.2) is 0 Å². The van der Waals surface area contributed by atoms with E-state index >= 15 is 0 Å². The summed E-state index contributed by atoms with van der Waals surface area (Å²) in [6.07, 6.45) is 5.13. The van der Waals surface area contributed by atoms with Crippen molar-refractivity contribution in [3.05, 3.63) is 162 Å². The number of nitrogens with one attached hydrogen (secondary N) is 4. The van der Waals surface area contributed by atoms with E-state index in [0.717, 1.165) is 67.2 Å². The molecule has 41 heavy (non-hydrogen) atoms. The lowest BCUT2D eigenvalue weighted by Gasteiger charge is -2.14. The van der Waals surface area contributed by atoms with E-state index in [4.69, 9.17) is 0 Å². The van der Waals surface area contributed by atoms with Crippen LogP contribution in [-0.2, 0) is 0 Å². The number of fused-ring (bicyclic) bond motifs is 8. The van der Waals surface area contributed by atoms with E-state index in [-0.39, 0.29) is 0 Å². The summed E-state index contributed by atoms with van der Waals surface area (Å²) < 4.78 is 0. The number of H-pyrrole nitrogens is 4. The Balaban J connectivity index is 1.52. The predicted molar refractivity (Wildman–Crippen MR) is 165 cm³/mol. The molecule has 5 heteroatoms. The van der Waals surface area contributed by atoms with Gasteiger partial charge in [0.05, 0.1) is 0 Å². The van der Waals surface area contributed by atoms with Gasteiger partial charge in [-0.05, 0) is 104 Å². The van der Waals surface area contributed by atoms with E-state index in [0.29, 0.717) is 5.56 Å². The SMILES string of the molecule is Cc1cc(C)c(C2=c3ccc([nH]3)=Cc3ccc([nH]3)C(c3ccc(C=O)cc3)=c3ccc([nH]3)=Cc3ccc2[nH]3)c(C)c1. The van der Waals surface area contributed by atoms with E-state index in [1.54, 1.807) is 0 Å². The van der Waals surface area contributed by atoms with Crippen LogP contribution in [0, 0.1) is 20.8 Å². The van der Waals surface area contributed by atoms with Crippen LogP contribution in [0.3, 0.4) is 0 Å². The van der Waals surface area contributed by atoms with Gasteiger partial charge >= 0.3 is 0 Å². The highest BCUT2D eigenvalue weighted by molar-refractivity contribution is 5.82. The second-order valence-corrected chi connectivity index (χ2v) is 10.9. The van der Waals surface area contributed by atoms with Gasteiger partial charge in [0.1, 0.15) is 6.29 Å². The molecule has 0 atom stereocenters. The molecule has 1 aliphatic heterocycles. The van der Waals surface area contributed by atoms with Gasteiger partial charge < -0.3 is 19.9 Å². The molecule has 0 amide bonds. The van der Waals surface area contributed by atoms with Crippen LogP contribution in [0.2, 0.25) is 0 Å². The number of rotatable bonds is 3. The minimum atomic E-state index is 0.654. The van der Waals surface area contributed by atoms with Crippen molar-refractivity contribution >= 4 is 29.6 Å². The lowest BCUT2D eigenvalue weighted by atomic mass is 9.92. The van der Waals surface area contributed by atoms with Crippen molar-refractivity contribution in [3.63, 3.8) is 0 Å². The fraction of sp³-hybridized carbons (Fsp3) is 0.0833. The standard InChI is InChI=1S/C36H30N4O/c1-21-16-22(2)34(23(3)17-21)36-32-14-10-28(39-32)18-26-8-12-30(37-26)35(25-6-4-24(20-41)5-7-25)31-13-9-27(38-31)19-29-11-15-33(36)40-29/h4-20,37-40H,1-3H3. The molecular weight excluding hydrogens is 504 g/mol. The number of hydrogen-bond acceptors (Lipinski definition) is 1. The lowest BCUT2D eigenvalue weighted by molar-refractivity contribution is 0.112. The van der Waals surface area contributed by atoms with E-state index in [1.165, 1.54) is 22.3 Å². The summed E-state index contributed by atoms with van der Waals surface area (Å²) >= 11 is 0. The molecule has 6 aromatic rings. The van der Waals surface area contributed by atoms with Crippen LogP contribution >= 0.6 is 0 Å². The summed E-state index contributed by atoms with van der Waals surface area (Å²) in [5.74, 6) is 0. The first-order valence-corrected chi connectivity index (χ1v) is 13.8. The second-order valence-electron chi connectivity index (χ2n) is 10.9. The highest BCUT2D eigenvalue weighted by atomic mass is 16.1. The van der Waals surface area contributed by atoms with Crippen LogP contribution in [0.1, 0.15) is 61.0 Å². The van der Waals surface area contributed by atoms with Gasteiger partial charge in [-0.3, -0.25) is 4.79 Å². The zero-order valence-electron chi connectivity index (χ0n) is 23.2. The van der Waals surface area contributed by atoms with Crippen LogP contribution < -0.4 is 21.4 Å². The molecule has 5 nitrogen and oxygen atoms in total. The quantitative estimate of drug-likeness (QED) is 0.252. The van der Waals surface area contributed by atoms with Crippen LogP contribution in [0.15, 0.2) is 84.9 Å². The van der Waals surface area contributed by atoms with Crippen LogP contribution in [0.25, 0.3) is 23.3 Å². The molecule has 5 heterocycles. The molecule has 0 unspecified atom stereocenters. The largest absolute Gasteiger partial charge is 0.355 e. The Hall–Kier alpha value is -5.29. The topological polar surface area (TPSA) is 80.2 Å². The minimum absolute atomic E-state index is 0.654. The maximum absolute atomic E-state index is 11.3. The molecule has 8 bridgehead atoms. The van der Waals surface area contributed by atoms with Crippen molar-refractivity contribution in [3.8, 4) is 0 Å². The number of aromatic amines is 4. The minimum Gasteiger partial charge on any atom is -0.355 e. The number of aldehydes is 1. The summed E-state index contributed by atoms with van der Waals surface area (Å²) in [6.45, 7) is 6.53. The van der Waals surface area contributed by atoms with E-state index < -0.39 is 0 Å². The zero-order valence-corrected chi connectivity index (χ0v) is 23.2. The first-order valence-electron chi connectivity index (χ1n) is 13.8. The fourth-order valence-electron chi connectivity index (χ4n) is 6.08. The van der Waals surface area contributed by atoms with Gasteiger partial charge in [0, 0.05) is 60.9 Å². The number of carbonyl (C=O) groups is 1. The Kier molecular flexibility index (Phi) is 5.86. The van der Waals surface area contributed by atoms with E-state index in [2.05, 4.69) is 114 Å². The van der Waals surface area contributed by atoms with Crippen molar-refractivity contribution in [2.24, 2.45) is 0 Å². The molecule has 0 saturated heterocycles. The molecule has 4 N–H and O–H groups in total. The van der Waals surface area contributed by atoms with Gasteiger partial charge in [0.2, 0.25) is 0 Å². The molecule has 0 saturated carbocycles. The smallest absolute Gasteiger partial charge is 0.150 e. The maximum atomic E-state index is 11.3. The second kappa shape index (κ2) is 9.72. The van der Waals surface area contributed by atoms with Gasteiger partial charge in [-0.15, -0.1) is 0 Å². The van der Waals surface area contributed by atoms with E-state index in [9.17, 15) is 4.79 Å². The summed E-state index contributed by atoms with van der Waals surface area (Å²) in [5, 5.41) is 4.05. The third-order valence-corrected chi connectivity index (χ3v) is 7.80. The number of hydrogen-bond donors (Lipinski definition) is 4. The molecule has 0 fully saturated rings. The van der Waals surface area contributed by atoms with Crippen molar-refractivity contribution < 1.29 is 4.79 Å². The normalized spacial score (nSPS) is 12.7. The third kappa shape index (κ3) is 4.51. The molecule has 1 aliphatic rings.